The molecule has 0 amide bonds. The van der Waals surface area contributed by atoms with Gasteiger partial charge in [0.15, 0.2) is 14.7 Å². The van der Waals surface area contributed by atoms with Crippen molar-refractivity contribution in [3.8, 4) is 5.75 Å². The first-order valence-corrected chi connectivity index (χ1v) is 13.8. The average molecular weight is 761 g/mol. The zero-order valence-electron chi connectivity index (χ0n) is 16.1. The predicted octanol–water partition coefficient (Wildman–Crippen LogP) is 7.82. The third-order valence-electron chi connectivity index (χ3n) is 4.42. The highest BCUT2D eigenvalue weighted by molar-refractivity contribution is 14.1. The summed E-state index contributed by atoms with van der Waals surface area (Å²) < 4.78 is 8.70. The van der Waals surface area contributed by atoms with Gasteiger partial charge in [0.05, 0.1) is 16.5 Å². The van der Waals surface area contributed by atoms with Gasteiger partial charge in [-0.05, 0) is 116 Å². The number of carbonyl (C=O) groups excluding carboxylic acids is 1. The number of ether oxygens (including phenoxy) is 1. The molecule has 0 fully saturated rings. The second kappa shape index (κ2) is 10.7. The zero-order chi connectivity index (χ0) is 21.8. The Morgan fingerprint density at radius 2 is 1.16 bits per heavy atom. The van der Waals surface area contributed by atoms with Crippen molar-refractivity contribution in [2.24, 2.45) is 0 Å². The van der Waals surface area contributed by atoms with Crippen LogP contribution in [-0.4, -0.2) is 5.97 Å². The first-order chi connectivity index (χ1) is 15.0. The summed E-state index contributed by atoms with van der Waals surface area (Å²) in [7, 11) is -0.291. The maximum atomic E-state index is 13.0. The zero-order valence-corrected chi connectivity index (χ0v) is 23.4. The lowest BCUT2D eigenvalue weighted by Gasteiger charge is -2.11. The molecular formula is C25H16I3O2S+. The van der Waals surface area contributed by atoms with Crippen molar-refractivity contribution in [3.05, 3.63) is 113 Å². The first kappa shape index (κ1) is 23.1. The van der Waals surface area contributed by atoms with Gasteiger partial charge in [0.2, 0.25) is 0 Å². The third-order valence-corrected chi connectivity index (χ3v) is 8.96. The quantitative estimate of drug-likeness (QED) is 0.0899. The van der Waals surface area contributed by atoms with Crippen molar-refractivity contribution in [2.45, 2.75) is 14.7 Å². The standard InChI is InChI=1S/C25H16I3O2S/c26-17-14-22(27)24(23(28)15-17)25(29)30-18-8-7-13-21(16-18)31(19-9-3-1-4-10-19)20-11-5-2-6-12-20/h1-16H/q+1. The summed E-state index contributed by atoms with van der Waals surface area (Å²) in [5.74, 6) is 0.221. The summed E-state index contributed by atoms with van der Waals surface area (Å²) in [5, 5.41) is 0. The Balaban J connectivity index is 1.69. The number of hydrogen-bond acceptors (Lipinski definition) is 2. The summed E-state index contributed by atoms with van der Waals surface area (Å²) in [6.45, 7) is 0. The monoisotopic (exact) mass is 761 g/mol. The Morgan fingerprint density at radius 3 is 1.71 bits per heavy atom. The van der Waals surface area contributed by atoms with Crippen LogP contribution in [0.15, 0.2) is 112 Å². The van der Waals surface area contributed by atoms with Gasteiger partial charge >= 0.3 is 5.97 Å². The van der Waals surface area contributed by atoms with Crippen LogP contribution in [0.3, 0.4) is 0 Å². The van der Waals surface area contributed by atoms with E-state index < -0.39 is 0 Å². The molecule has 0 radical (unpaired) electrons. The smallest absolute Gasteiger partial charge is 0.345 e. The molecule has 31 heavy (non-hydrogen) atoms. The first-order valence-electron chi connectivity index (χ1n) is 9.34. The molecule has 6 heteroatoms. The van der Waals surface area contributed by atoms with Crippen molar-refractivity contribution in [1.29, 1.82) is 0 Å². The van der Waals surface area contributed by atoms with Crippen molar-refractivity contribution in [1.82, 2.24) is 0 Å². The number of benzene rings is 4. The summed E-state index contributed by atoms with van der Waals surface area (Å²) in [6.07, 6.45) is 0. The van der Waals surface area contributed by atoms with Gasteiger partial charge in [-0.15, -0.1) is 0 Å². The van der Waals surface area contributed by atoms with Gasteiger partial charge in [-0.3, -0.25) is 0 Å². The highest BCUT2D eigenvalue weighted by Gasteiger charge is 2.29. The Kier molecular flexibility index (Phi) is 7.94. The number of hydrogen-bond donors (Lipinski definition) is 0. The van der Waals surface area contributed by atoms with Crippen LogP contribution in [0.5, 0.6) is 5.75 Å². The molecule has 0 aliphatic carbocycles. The molecule has 0 saturated carbocycles. The van der Waals surface area contributed by atoms with Crippen LogP contribution in [0.25, 0.3) is 0 Å². The molecule has 154 valence electrons. The van der Waals surface area contributed by atoms with E-state index >= 15 is 0 Å². The fourth-order valence-electron chi connectivity index (χ4n) is 3.08. The Hall–Kier alpha value is -1.11. The van der Waals surface area contributed by atoms with Crippen molar-refractivity contribution in [2.75, 3.05) is 0 Å². The molecular weight excluding hydrogens is 745 g/mol. The van der Waals surface area contributed by atoms with E-state index in [1.807, 2.05) is 42.5 Å². The fraction of sp³-hybridized carbons (Fsp3) is 0. The molecule has 0 aromatic heterocycles. The largest absolute Gasteiger partial charge is 0.423 e. The molecule has 0 aliphatic heterocycles. The molecule has 4 aromatic carbocycles. The maximum absolute atomic E-state index is 13.0. The molecule has 0 unspecified atom stereocenters. The van der Waals surface area contributed by atoms with Crippen molar-refractivity contribution in [3.63, 3.8) is 0 Å². The van der Waals surface area contributed by atoms with Crippen molar-refractivity contribution >= 4 is 84.6 Å². The van der Waals surface area contributed by atoms with E-state index in [9.17, 15) is 4.79 Å². The van der Waals surface area contributed by atoms with Gasteiger partial charge in [0, 0.05) is 16.8 Å². The van der Waals surface area contributed by atoms with Gasteiger partial charge in [0.25, 0.3) is 0 Å². The Bertz CT molecular complexity index is 1150. The number of halogens is 3. The van der Waals surface area contributed by atoms with Crippen LogP contribution < -0.4 is 4.74 Å². The van der Waals surface area contributed by atoms with Crippen LogP contribution >= 0.6 is 67.8 Å². The summed E-state index contributed by atoms with van der Waals surface area (Å²) in [6, 6.07) is 32.7. The lowest BCUT2D eigenvalue weighted by Crippen LogP contribution is -2.13. The molecule has 0 N–H and O–H groups in total. The summed E-state index contributed by atoms with van der Waals surface area (Å²) >= 11 is 6.64. The summed E-state index contributed by atoms with van der Waals surface area (Å²) in [5.41, 5.74) is 0.608. The normalized spacial score (nSPS) is 10.8. The van der Waals surface area contributed by atoms with Crippen LogP contribution in [0.4, 0.5) is 0 Å². The van der Waals surface area contributed by atoms with E-state index in [2.05, 4.69) is 122 Å². The average Bonchev–Trinajstić information content (AvgIpc) is 2.75. The molecule has 0 aliphatic rings. The maximum Gasteiger partial charge on any atom is 0.345 e. The third kappa shape index (κ3) is 5.63. The van der Waals surface area contributed by atoms with E-state index in [0.717, 1.165) is 15.6 Å². The minimum atomic E-state index is -0.332. The number of rotatable bonds is 5. The molecule has 0 spiro atoms. The molecule has 0 bridgehead atoms. The van der Waals surface area contributed by atoms with Gasteiger partial charge in [-0.25, -0.2) is 4.79 Å². The lowest BCUT2D eigenvalue weighted by molar-refractivity contribution is 0.0732. The fourth-order valence-corrected chi connectivity index (χ4v) is 9.23. The summed E-state index contributed by atoms with van der Waals surface area (Å²) in [4.78, 5) is 16.5. The second-order valence-corrected chi connectivity index (χ2v) is 12.1. The minimum absolute atomic E-state index is 0.291. The molecule has 4 rings (SSSR count). The van der Waals surface area contributed by atoms with Gasteiger partial charge < -0.3 is 4.74 Å². The van der Waals surface area contributed by atoms with Crippen LogP contribution in [-0.2, 0) is 10.9 Å². The predicted molar refractivity (Wildman–Crippen MR) is 151 cm³/mol. The molecule has 4 aromatic rings. The molecule has 0 atom stereocenters. The van der Waals surface area contributed by atoms with E-state index in [0.29, 0.717) is 11.3 Å². The van der Waals surface area contributed by atoms with Crippen molar-refractivity contribution < 1.29 is 9.53 Å². The van der Waals surface area contributed by atoms with Gasteiger partial charge in [-0.2, -0.15) is 0 Å². The highest BCUT2D eigenvalue weighted by atomic mass is 127. The highest BCUT2D eigenvalue weighted by Crippen LogP contribution is 2.33. The van der Waals surface area contributed by atoms with E-state index in [1.165, 1.54) is 9.79 Å². The lowest BCUT2D eigenvalue weighted by atomic mass is 10.2. The van der Waals surface area contributed by atoms with Gasteiger partial charge in [0.1, 0.15) is 5.75 Å². The second-order valence-electron chi connectivity index (χ2n) is 6.54. The van der Waals surface area contributed by atoms with Crippen LogP contribution in [0.2, 0.25) is 0 Å². The molecule has 0 heterocycles. The van der Waals surface area contributed by atoms with Gasteiger partial charge in [-0.1, -0.05) is 42.5 Å². The van der Waals surface area contributed by atoms with E-state index in [1.54, 1.807) is 0 Å². The van der Waals surface area contributed by atoms with E-state index in [4.69, 9.17) is 4.74 Å². The topological polar surface area (TPSA) is 26.3 Å². The number of esters is 1. The van der Waals surface area contributed by atoms with Crippen LogP contribution in [0.1, 0.15) is 10.4 Å². The number of carbonyl (C=O) groups is 1. The SMILES string of the molecule is O=C(Oc1cccc([S+](c2ccccc2)c2ccccc2)c1)c1c(I)cc(I)cc1I. The minimum Gasteiger partial charge on any atom is -0.423 e. The molecule has 0 saturated heterocycles. The Labute approximate surface area is 225 Å². The van der Waals surface area contributed by atoms with E-state index in [-0.39, 0.29) is 16.9 Å². The molecule has 2 nitrogen and oxygen atoms in total. The van der Waals surface area contributed by atoms with Crippen LogP contribution in [0, 0.1) is 10.7 Å². The Morgan fingerprint density at radius 1 is 0.645 bits per heavy atom.